The second-order valence-corrected chi connectivity index (χ2v) is 12.5. The van der Waals surface area contributed by atoms with Crippen LogP contribution >= 0.6 is 11.6 Å². The number of aryl methyl sites for hydroxylation is 2. The van der Waals surface area contributed by atoms with Crippen LogP contribution in [-0.2, 0) is 32.6 Å². The second kappa shape index (κ2) is 13.8. The molecule has 1 atom stereocenters. The van der Waals surface area contributed by atoms with Crippen molar-refractivity contribution in [2.24, 2.45) is 0 Å². The number of amides is 2. The monoisotopic (exact) mass is 621 g/mol. The second-order valence-electron chi connectivity index (χ2n) is 10.2. The third-order valence-electron chi connectivity index (χ3n) is 7.27. The maximum Gasteiger partial charge on any atom is 0.264 e. The summed E-state index contributed by atoms with van der Waals surface area (Å²) in [5.41, 5.74) is 3.02. The lowest BCUT2D eigenvalue weighted by molar-refractivity contribution is -0.139. The van der Waals surface area contributed by atoms with Gasteiger partial charge in [0.2, 0.25) is 11.8 Å². The summed E-state index contributed by atoms with van der Waals surface area (Å²) in [6.45, 7) is 2.86. The molecule has 43 heavy (non-hydrogen) atoms. The molecule has 0 aliphatic rings. The zero-order chi connectivity index (χ0) is 31.1. The molecule has 0 spiro atoms. The van der Waals surface area contributed by atoms with Crippen molar-refractivity contribution in [2.75, 3.05) is 17.9 Å². The number of nitrogens with one attached hydrogen (secondary N) is 1. The first-order valence-electron chi connectivity index (χ1n) is 13.6. The van der Waals surface area contributed by atoms with Gasteiger partial charge in [0.1, 0.15) is 18.4 Å². The number of nitrogens with zero attached hydrogens (tertiary/aromatic N) is 2. The minimum Gasteiger partial charge on any atom is -0.357 e. The summed E-state index contributed by atoms with van der Waals surface area (Å²) in [5.74, 6) is -1.69. The third-order valence-corrected chi connectivity index (χ3v) is 9.32. The van der Waals surface area contributed by atoms with E-state index in [1.54, 1.807) is 24.3 Å². The Morgan fingerprint density at radius 1 is 0.884 bits per heavy atom. The van der Waals surface area contributed by atoms with Gasteiger partial charge in [0.25, 0.3) is 10.0 Å². The fourth-order valence-electron chi connectivity index (χ4n) is 4.67. The summed E-state index contributed by atoms with van der Waals surface area (Å²) in [6, 6.07) is 24.8. The largest absolute Gasteiger partial charge is 0.357 e. The summed E-state index contributed by atoms with van der Waals surface area (Å²) in [5, 5.41) is 2.97. The third kappa shape index (κ3) is 7.60. The zero-order valence-corrected chi connectivity index (χ0v) is 25.7. The van der Waals surface area contributed by atoms with E-state index in [1.165, 1.54) is 54.4 Å². The van der Waals surface area contributed by atoms with Crippen molar-refractivity contribution in [3.8, 4) is 0 Å². The van der Waals surface area contributed by atoms with Crippen LogP contribution in [0.2, 0.25) is 5.02 Å². The van der Waals surface area contributed by atoms with Crippen LogP contribution in [0, 0.1) is 19.7 Å². The van der Waals surface area contributed by atoms with Gasteiger partial charge in [-0.05, 0) is 73.0 Å². The van der Waals surface area contributed by atoms with E-state index in [-0.39, 0.29) is 29.1 Å². The Hall–Kier alpha value is -4.21. The van der Waals surface area contributed by atoms with E-state index >= 15 is 0 Å². The summed E-state index contributed by atoms with van der Waals surface area (Å²) in [4.78, 5) is 28.7. The van der Waals surface area contributed by atoms with E-state index in [1.807, 2.05) is 44.2 Å². The highest BCUT2D eigenvalue weighted by molar-refractivity contribution is 7.92. The van der Waals surface area contributed by atoms with Gasteiger partial charge < -0.3 is 10.2 Å². The molecule has 0 bridgehead atoms. The van der Waals surface area contributed by atoms with Gasteiger partial charge in [-0.3, -0.25) is 13.9 Å². The van der Waals surface area contributed by atoms with Gasteiger partial charge in [0.05, 0.1) is 10.6 Å². The van der Waals surface area contributed by atoms with Crippen LogP contribution in [0.25, 0.3) is 0 Å². The zero-order valence-electron chi connectivity index (χ0n) is 24.1. The highest BCUT2D eigenvalue weighted by Gasteiger charge is 2.34. The number of carbonyl (C=O) groups excluding carboxylic acids is 2. The molecule has 4 aromatic rings. The van der Waals surface area contributed by atoms with Crippen molar-refractivity contribution >= 4 is 39.1 Å². The maximum absolute atomic E-state index is 14.9. The fraction of sp³-hybridized carbons (Fsp3) is 0.212. The molecule has 224 valence electrons. The molecule has 0 aliphatic heterocycles. The van der Waals surface area contributed by atoms with Gasteiger partial charge in [0.15, 0.2) is 0 Å². The molecule has 0 fully saturated rings. The van der Waals surface area contributed by atoms with Crippen LogP contribution in [0.3, 0.4) is 0 Å². The predicted molar refractivity (Wildman–Crippen MR) is 167 cm³/mol. The van der Waals surface area contributed by atoms with Gasteiger partial charge in [-0.25, -0.2) is 12.8 Å². The number of hydrogen-bond acceptors (Lipinski definition) is 4. The molecule has 0 radical (unpaired) electrons. The van der Waals surface area contributed by atoms with Gasteiger partial charge in [-0.1, -0.05) is 66.2 Å². The number of hydrogen-bond donors (Lipinski definition) is 1. The molecule has 4 rings (SSSR count). The number of halogens is 2. The molecule has 0 aliphatic carbocycles. The molecule has 0 heterocycles. The van der Waals surface area contributed by atoms with Crippen molar-refractivity contribution in [1.82, 2.24) is 10.2 Å². The minimum atomic E-state index is -4.27. The number of anilines is 1. The van der Waals surface area contributed by atoms with Crippen LogP contribution in [-0.4, -0.2) is 44.8 Å². The lowest BCUT2D eigenvalue weighted by Gasteiger charge is -2.33. The fourth-order valence-corrected chi connectivity index (χ4v) is 6.21. The molecule has 1 N–H and O–H groups in total. The van der Waals surface area contributed by atoms with Crippen LogP contribution in [0.4, 0.5) is 10.1 Å². The van der Waals surface area contributed by atoms with Crippen molar-refractivity contribution in [1.29, 1.82) is 0 Å². The van der Waals surface area contributed by atoms with E-state index in [0.29, 0.717) is 5.02 Å². The maximum atomic E-state index is 14.9. The van der Waals surface area contributed by atoms with E-state index in [0.717, 1.165) is 21.0 Å². The summed E-state index contributed by atoms with van der Waals surface area (Å²) >= 11 is 6.02. The molecule has 2 amide bonds. The number of carbonyl (C=O) groups is 2. The van der Waals surface area contributed by atoms with Crippen molar-refractivity contribution in [3.05, 3.63) is 130 Å². The van der Waals surface area contributed by atoms with Gasteiger partial charge in [0, 0.05) is 30.6 Å². The minimum absolute atomic E-state index is 0.0595. The average Bonchev–Trinajstić information content (AvgIpc) is 3.00. The van der Waals surface area contributed by atoms with Crippen molar-refractivity contribution in [2.45, 2.75) is 37.8 Å². The number of rotatable bonds is 11. The Morgan fingerprint density at radius 2 is 1.53 bits per heavy atom. The Balaban J connectivity index is 1.81. The Kier molecular flexibility index (Phi) is 10.2. The van der Waals surface area contributed by atoms with Crippen LogP contribution < -0.4 is 9.62 Å². The summed E-state index contributed by atoms with van der Waals surface area (Å²) in [6.07, 6.45) is 0.133. The van der Waals surface area contributed by atoms with E-state index in [9.17, 15) is 22.4 Å². The Morgan fingerprint density at radius 3 is 2.16 bits per heavy atom. The summed E-state index contributed by atoms with van der Waals surface area (Å²) in [7, 11) is -2.81. The molecule has 4 aromatic carbocycles. The van der Waals surface area contributed by atoms with Gasteiger partial charge in [-0.15, -0.1) is 0 Å². The molecule has 0 saturated carbocycles. The quantitative estimate of drug-likeness (QED) is 0.234. The lowest BCUT2D eigenvalue weighted by atomic mass is 10.0. The van der Waals surface area contributed by atoms with E-state index in [4.69, 9.17) is 11.6 Å². The number of sulfonamides is 1. The van der Waals surface area contributed by atoms with E-state index in [2.05, 4.69) is 5.32 Å². The first-order chi connectivity index (χ1) is 20.5. The normalized spacial score (nSPS) is 11.9. The molecule has 7 nitrogen and oxygen atoms in total. The average molecular weight is 622 g/mol. The topological polar surface area (TPSA) is 86.8 Å². The first-order valence-corrected chi connectivity index (χ1v) is 15.5. The Bertz CT molecular complexity index is 1700. The molecule has 0 saturated heterocycles. The van der Waals surface area contributed by atoms with Crippen LogP contribution in [0.1, 0.15) is 22.3 Å². The number of likely N-dealkylation sites (N-methyl/N-ethyl adjacent to an activating group) is 1. The van der Waals surface area contributed by atoms with Crippen molar-refractivity contribution in [3.63, 3.8) is 0 Å². The van der Waals surface area contributed by atoms with Crippen LogP contribution in [0.15, 0.2) is 102 Å². The first kappa shape index (κ1) is 31.7. The number of benzene rings is 4. The van der Waals surface area contributed by atoms with E-state index < -0.39 is 40.2 Å². The van der Waals surface area contributed by atoms with Gasteiger partial charge >= 0.3 is 0 Å². The SMILES string of the molecule is CNC(=O)[C@H](Cc1ccccc1)N(Cc1ccccc1F)C(=O)CN(c1ccc(C)c(C)c1)S(=O)(=O)c1ccc(Cl)cc1. The smallest absolute Gasteiger partial charge is 0.264 e. The molecule has 10 heteroatoms. The van der Waals surface area contributed by atoms with Crippen LogP contribution in [0.5, 0.6) is 0 Å². The molecular formula is C33H33ClFN3O4S. The predicted octanol–water partition coefficient (Wildman–Crippen LogP) is 5.68. The van der Waals surface area contributed by atoms with Crippen molar-refractivity contribution < 1.29 is 22.4 Å². The summed E-state index contributed by atoms with van der Waals surface area (Å²) < 4.78 is 44.0. The highest BCUT2D eigenvalue weighted by atomic mass is 35.5. The standard InChI is InChI=1S/C33H33ClFN3O4S/c1-23-13-16-28(19-24(23)2)38(43(41,42)29-17-14-27(34)15-18-29)22-32(39)37(21-26-11-7-8-12-30(26)35)31(33(40)36-3)20-25-9-5-4-6-10-25/h4-19,31H,20-22H2,1-3H3,(H,36,40)/t31-/m0/s1. The molecular weight excluding hydrogens is 589 g/mol. The lowest BCUT2D eigenvalue weighted by Crippen LogP contribution is -2.53. The highest BCUT2D eigenvalue weighted by Crippen LogP contribution is 2.28. The Labute approximate surface area is 257 Å². The molecule has 0 unspecified atom stereocenters. The molecule has 0 aromatic heterocycles. The van der Waals surface area contributed by atoms with Gasteiger partial charge in [-0.2, -0.15) is 0 Å².